The maximum absolute atomic E-state index is 13.2. The molecule has 0 radical (unpaired) electrons. The lowest BCUT2D eigenvalue weighted by molar-refractivity contribution is 0.197. The summed E-state index contributed by atoms with van der Waals surface area (Å²) in [4.78, 5) is 14.0. The monoisotopic (exact) mass is 318 g/mol. The van der Waals surface area contributed by atoms with Crippen molar-refractivity contribution in [2.24, 2.45) is 0 Å². The number of hydrogen-bond acceptors (Lipinski definition) is 2. The molecule has 1 aromatic heterocycles. The van der Waals surface area contributed by atoms with Crippen LogP contribution in [0.2, 0.25) is 0 Å². The summed E-state index contributed by atoms with van der Waals surface area (Å²) >= 11 is 1.68. The molecule has 0 aliphatic carbocycles. The molecule has 22 heavy (non-hydrogen) atoms. The van der Waals surface area contributed by atoms with E-state index in [-0.39, 0.29) is 11.8 Å². The summed E-state index contributed by atoms with van der Waals surface area (Å²) in [6.07, 6.45) is 0.989. The van der Waals surface area contributed by atoms with E-state index in [1.807, 2.05) is 0 Å². The molecule has 116 valence electrons. The van der Waals surface area contributed by atoms with E-state index in [0.29, 0.717) is 25.6 Å². The second kappa shape index (κ2) is 6.48. The molecule has 1 N–H and O–H groups in total. The minimum absolute atomic E-state index is 0.0784. The number of halogens is 1. The Kier molecular flexibility index (Phi) is 4.43. The molecular weight excluding hydrogens is 299 g/mol. The Hall–Kier alpha value is -1.88. The number of amides is 2. The van der Waals surface area contributed by atoms with Gasteiger partial charge < -0.3 is 10.2 Å². The van der Waals surface area contributed by atoms with E-state index in [1.54, 1.807) is 22.3 Å². The number of benzene rings is 1. The SMILES string of the molecule is CCC(CNC(=O)N1Cc2ccc(F)cc2C1)c1ccsc1. The summed E-state index contributed by atoms with van der Waals surface area (Å²) in [5.74, 6) is 0.0992. The molecular formula is C17H19FN2OS. The van der Waals surface area contributed by atoms with E-state index in [1.165, 1.54) is 17.7 Å². The van der Waals surface area contributed by atoms with Crippen LogP contribution in [-0.2, 0) is 13.1 Å². The van der Waals surface area contributed by atoms with Gasteiger partial charge in [-0.3, -0.25) is 0 Å². The molecule has 1 aliphatic heterocycles. The van der Waals surface area contributed by atoms with Crippen LogP contribution >= 0.6 is 11.3 Å². The smallest absolute Gasteiger partial charge is 0.318 e. The fourth-order valence-electron chi connectivity index (χ4n) is 2.83. The number of urea groups is 1. The molecule has 0 bridgehead atoms. The van der Waals surface area contributed by atoms with Gasteiger partial charge in [-0.05, 0) is 52.1 Å². The Morgan fingerprint density at radius 2 is 2.18 bits per heavy atom. The van der Waals surface area contributed by atoms with Crippen molar-refractivity contribution in [3.63, 3.8) is 0 Å². The van der Waals surface area contributed by atoms with Gasteiger partial charge in [0.05, 0.1) is 0 Å². The van der Waals surface area contributed by atoms with E-state index in [0.717, 1.165) is 17.5 Å². The minimum Gasteiger partial charge on any atom is -0.337 e. The lowest BCUT2D eigenvalue weighted by Crippen LogP contribution is -2.38. The number of thiophene rings is 1. The van der Waals surface area contributed by atoms with Crippen molar-refractivity contribution < 1.29 is 9.18 Å². The van der Waals surface area contributed by atoms with Crippen molar-refractivity contribution in [1.82, 2.24) is 10.2 Å². The maximum atomic E-state index is 13.2. The molecule has 1 aliphatic rings. The van der Waals surface area contributed by atoms with Gasteiger partial charge in [0.25, 0.3) is 0 Å². The number of nitrogens with zero attached hydrogens (tertiary/aromatic N) is 1. The first-order valence-corrected chi connectivity index (χ1v) is 8.44. The molecule has 3 rings (SSSR count). The van der Waals surface area contributed by atoms with E-state index in [9.17, 15) is 9.18 Å². The first-order chi connectivity index (χ1) is 10.7. The third-order valence-corrected chi connectivity index (χ3v) is 4.89. The van der Waals surface area contributed by atoms with Crippen LogP contribution in [0.15, 0.2) is 35.0 Å². The van der Waals surface area contributed by atoms with E-state index < -0.39 is 0 Å². The number of rotatable bonds is 4. The van der Waals surface area contributed by atoms with Gasteiger partial charge in [0.2, 0.25) is 0 Å². The van der Waals surface area contributed by atoms with Gasteiger partial charge in [-0.2, -0.15) is 11.3 Å². The summed E-state index contributed by atoms with van der Waals surface area (Å²) < 4.78 is 13.2. The molecule has 0 spiro atoms. The number of carbonyl (C=O) groups is 1. The van der Waals surface area contributed by atoms with Gasteiger partial charge in [0, 0.05) is 25.6 Å². The first kappa shape index (κ1) is 15.0. The van der Waals surface area contributed by atoms with Crippen LogP contribution in [-0.4, -0.2) is 17.5 Å². The summed E-state index contributed by atoms with van der Waals surface area (Å²) in [5.41, 5.74) is 3.21. The third kappa shape index (κ3) is 3.14. The molecule has 0 fully saturated rings. The van der Waals surface area contributed by atoms with Crippen LogP contribution in [0.3, 0.4) is 0 Å². The standard InChI is InChI=1S/C17H19FN2OS/c1-2-12(14-5-6-22-11-14)8-19-17(21)20-9-13-3-4-16(18)7-15(13)10-20/h3-7,11-12H,2,8-10H2,1H3,(H,19,21). The predicted octanol–water partition coefficient (Wildman–Crippen LogP) is 4.11. The third-order valence-electron chi connectivity index (χ3n) is 4.19. The molecule has 2 aromatic rings. The van der Waals surface area contributed by atoms with Crippen LogP contribution in [0, 0.1) is 5.82 Å². The Labute approximate surface area is 133 Å². The second-order valence-electron chi connectivity index (χ2n) is 5.62. The van der Waals surface area contributed by atoms with Gasteiger partial charge in [0.15, 0.2) is 0 Å². The molecule has 1 atom stereocenters. The minimum atomic E-state index is -0.246. The Bertz CT molecular complexity index is 657. The zero-order chi connectivity index (χ0) is 15.5. The van der Waals surface area contributed by atoms with Crippen LogP contribution in [0.1, 0.15) is 36.0 Å². The highest BCUT2D eigenvalue weighted by atomic mass is 32.1. The second-order valence-corrected chi connectivity index (χ2v) is 6.40. The largest absolute Gasteiger partial charge is 0.337 e. The molecule has 0 saturated heterocycles. The van der Waals surface area contributed by atoms with Crippen LogP contribution < -0.4 is 5.32 Å². The number of carbonyl (C=O) groups excluding carboxylic acids is 1. The summed E-state index contributed by atoms with van der Waals surface area (Å²) in [7, 11) is 0. The highest BCUT2D eigenvalue weighted by Crippen LogP contribution is 2.24. The van der Waals surface area contributed by atoms with E-state index >= 15 is 0 Å². The first-order valence-electron chi connectivity index (χ1n) is 7.49. The van der Waals surface area contributed by atoms with E-state index in [2.05, 4.69) is 29.1 Å². The molecule has 1 unspecified atom stereocenters. The van der Waals surface area contributed by atoms with Gasteiger partial charge in [-0.1, -0.05) is 13.0 Å². The van der Waals surface area contributed by atoms with E-state index in [4.69, 9.17) is 0 Å². The lowest BCUT2D eigenvalue weighted by Gasteiger charge is -2.19. The molecule has 0 saturated carbocycles. The summed E-state index contributed by atoms with van der Waals surface area (Å²) in [6.45, 7) is 3.79. The Morgan fingerprint density at radius 3 is 2.91 bits per heavy atom. The predicted molar refractivity (Wildman–Crippen MR) is 86.4 cm³/mol. The van der Waals surface area contributed by atoms with Crippen LogP contribution in [0.5, 0.6) is 0 Å². The topological polar surface area (TPSA) is 32.3 Å². The van der Waals surface area contributed by atoms with Gasteiger partial charge in [-0.25, -0.2) is 9.18 Å². The Morgan fingerprint density at radius 1 is 1.36 bits per heavy atom. The molecule has 2 heterocycles. The highest BCUT2D eigenvalue weighted by Gasteiger charge is 2.24. The Balaban J connectivity index is 1.57. The van der Waals surface area contributed by atoms with Crippen LogP contribution in [0.4, 0.5) is 9.18 Å². The maximum Gasteiger partial charge on any atom is 0.318 e. The van der Waals surface area contributed by atoms with Crippen molar-refractivity contribution in [3.05, 3.63) is 57.5 Å². The zero-order valence-electron chi connectivity index (χ0n) is 12.5. The number of nitrogens with one attached hydrogen (secondary N) is 1. The van der Waals surface area contributed by atoms with Gasteiger partial charge in [0.1, 0.15) is 5.82 Å². The number of fused-ring (bicyclic) bond motifs is 1. The average molecular weight is 318 g/mol. The molecule has 3 nitrogen and oxygen atoms in total. The van der Waals surface area contributed by atoms with Gasteiger partial charge in [-0.15, -0.1) is 0 Å². The molecule has 2 amide bonds. The fraction of sp³-hybridized carbons (Fsp3) is 0.353. The lowest BCUT2D eigenvalue weighted by atomic mass is 10.00. The average Bonchev–Trinajstić information content (AvgIpc) is 3.16. The van der Waals surface area contributed by atoms with Crippen molar-refractivity contribution in [2.45, 2.75) is 32.4 Å². The van der Waals surface area contributed by atoms with Crippen molar-refractivity contribution >= 4 is 17.4 Å². The fourth-order valence-corrected chi connectivity index (χ4v) is 3.58. The van der Waals surface area contributed by atoms with Crippen molar-refractivity contribution in [3.8, 4) is 0 Å². The number of hydrogen-bond donors (Lipinski definition) is 1. The van der Waals surface area contributed by atoms with Crippen molar-refractivity contribution in [1.29, 1.82) is 0 Å². The normalized spacial score (nSPS) is 14.7. The summed E-state index contributed by atoms with van der Waals surface area (Å²) in [5, 5.41) is 7.21. The highest BCUT2D eigenvalue weighted by molar-refractivity contribution is 7.07. The summed E-state index contributed by atoms with van der Waals surface area (Å²) in [6, 6.07) is 6.76. The van der Waals surface area contributed by atoms with Crippen molar-refractivity contribution in [2.75, 3.05) is 6.54 Å². The van der Waals surface area contributed by atoms with Gasteiger partial charge >= 0.3 is 6.03 Å². The molecule has 1 aromatic carbocycles. The zero-order valence-corrected chi connectivity index (χ0v) is 13.3. The molecule has 5 heteroatoms. The quantitative estimate of drug-likeness (QED) is 0.904. The van der Waals surface area contributed by atoms with Crippen LogP contribution in [0.25, 0.3) is 0 Å².